The first-order valence-electron chi connectivity index (χ1n) is 10.5. The van der Waals surface area contributed by atoms with Crippen LogP contribution in [0.25, 0.3) is 10.9 Å². The van der Waals surface area contributed by atoms with Crippen LogP contribution in [0.3, 0.4) is 0 Å². The Morgan fingerprint density at radius 3 is 2.44 bits per heavy atom. The van der Waals surface area contributed by atoms with Crippen LogP contribution in [0.1, 0.15) is 32.8 Å². The van der Waals surface area contributed by atoms with Crippen molar-refractivity contribution in [1.82, 2.24) is 20.9 Å². The molecule has 2 rings (SSSR count). The average Bonchev–Trinajstić information content (AvgIpc) is 3.17. The van der Waals surface area contributed by atoms with Gasteiger partial charge < -0.3 is 31.8 Å². The lowest BCUT2D eigenvalue weighted by Crippen LogP contribution is -2.53. The van der Waals surface area contributed by atoms with E-state index >= 15 is 0 Å². The minimum atomic E-state index is -1.14. The largest absolute Gasteiger partial charge is 0.480 e. The Morgan fingerprint density at radius 1 is 1.09 bits per heavy atom. The molecule has 174 valence electrons. The van der Waals surface area contributed by atoms with Gasteiger partial charge in [0.1, 0.15) is 12.1 Å². The Balaban J connectivity index is 1.82. The highest BCUT2D eigenvalue weighted by Crippen LogP contribution is 2.18. The maximum atomic E-state index is 12.4. The van der Waals surface area contributed by atoms with Gasteiger partial charge in [0.25, 0.3) is 0 Å². The van der Waals surface area contributed by atoms with Crippen molar-refractivity contribution in [1.29, 1.82) is 0 Å². The van der Waals surface area contributed by atoms with Gasteiger partial charge in [-0.25, -0.2) is 4.79 Å². The summed E-state index contributed by atoms with van der Waals surface area (Å²) in [5.41, 5.74) is 7.86. The van der Waals surface area contributed by atoms with Gasteiger partial charge in [0.2, 0.25) is 17.7 Å². The second kappa shape index (κ2) is 11.3. The maximum absolute atomic E-state index is 12.4. The number of aliphatic carboxylic acids is 1. The van der Waals surface area contributed by atoms with E-state index in [0.717, 1.165) is 16.5 Å². The van der Waals surface area contributed by atoms with E-state index in [-0.39, 0.29) is 5.92 Å². The molecule has 0 aliphatic heterocycles. The molecule has 0 saturated carbocycles. The van der Waals surface area contributed by atoms with Gasteiger partial charge >= 0.3 is 5.97 Å². The lowest BCUT2D eigenvalue weighted by atomic mass is 9.99. The molecule has 0 radical (unpaired) electrons. The van der Waals surface area contributed by atoms with Crippen molar-refractivity contribution in [3.63, 3.8) is 0 Å². The van der Waals surface area contributed by atoms with Crippen LogP contribution in [-0.4, -0.2) is 58.5 Å². The molecule has 0 fully saturated rings. The van der Waals surface area contributed by atoms with Gasteiger partial charge in [-0.15, -0.1) is 0 Å². The van der Waals surface area contributed by atoms with Crippen LogP contribution in [-0.2, 0) is 25.6 Å². The van der Waals surface area contributed by atoms with Gasteiger partial charge in [0.05, 0.1) is 12.6 Å². The number of fused-ring (bicyclic) bond motifs is 1. The Kier molecular flexibility index (Phi) is 8.77. The highest BCUT2D eigenvalue weighted by molar-refractivity contribution is 5.93. The molecular weight excluding hydrogens is 414 g/mol. The number of carbonyl (C=O) groups is 4. The zero-order valence-corrected chi connectivity index (χ0v) is 18.5. The molecule has 7 N–H and O–H groups in total. The molecule has 0 bridgehead atoms. The minimum absolute atomic E-state index is 0.260. The second-order valence-corrected chi connectivity index (χ2v) is 7.89. The number of carbonyl (C=O) groups excluding carboxylic acids is 3. The molecule has 1 aromatic heterocycles. The van der Waals surface area contributed by atoms with Crippen LogP contribution in [0, 0.1) is 5.92 Å². The van der Waals surface area contributed by atoms with Crippen LogP contribution in [0.5, 0.6) is 0 Å². The van der Waals surface area contributed by atoms with E-state index in [1.165, 1.54) is 6.92 Å². The molecule has 10 heteroatoms. The van der Waals surface area contributed by atoms with Crippen molar-refractivity contribution in [3.05, 3.63) is 36.0 Å². The van der Waals surface area contributed by atoms with Crippen molar-refractivity contribution in [2.75, 3.05) is 6.54 Å². The number of nitrogens with two attached hydrogens (primary N) is 1. The molecule has 0 aliphatic rings. The SMILES string of the molecule is CCC(C)C(NC(=O)CNC(=O)C(C)NC(=O)C(N)Cc1c[nH]c2ccccc12)C(=O)O. The molecule has 0 saturated heterocycles. The molecule has 32 heavy (non-hydrogen) atoms. The van der Waals surface area contributed by atoms with Crippen molar-refractivity contribution in [2.24, 2.45) is 11.7 Å². The Hall–Kier alpha value is -3.40. The Bertz CT molecular complexity index is 973. The number of hydrogen-bond donors (Lipinski definition) is 6. The number of H-pyrrole nitrogens is 1. The minimum Gasteiger partial charge on any atom is -0.480 e. The van der Waals surface area contributed by atoms with Crippen molar-refractivity contribution in [2.45, 2.75) is 51.7 Å². The topological polar surface area (TPSA) is 166 Å². The third kappa shape index (κ3) is 6.55. The summed E-state index contributed by atoms with van der Waals surface area (Å²) in [6.07, 6.45) is 2.67. The summed E-state index contributed by atoms with van der Waals surface area (Å²) in [5, 5.41) is 17.5. The lowest BCUT2D eigenvalue weighted by molar-refractivity contribution is -0.143. The highest BCUT2D eigenvalue weighted by atomic mass is 16.4. The second-order valence-electron chi connectivity index (χ2n) is 7.89. The quantitative estimate of drug-likeness (QED) is 0.290. The zero-order chi connectivity index (χ0) is 23.8. The highest BCUT2D eigenvalue weighted by Gasteiger charge is 2.26. The first-order valence-corrected chi connectivity index (χ1v) is 10.5. The van der Waals surface area contributed by atoms with Crippen molar-refractivity contribution in [3.8, 4) is 0 Å². The average molecular weight is 446 g/mol. The number of nitrogens with one attached hydrogen (secondary N) is 4. The van der Waals surface area contributed by atoms with Gasteiger partial charge in [-0.05, 0) is 30.9 Å². The smallest absolute Gasteiger partial charge is 0.326 e. The van der Waals surface area contributed by atoms with Gasteiger partial charge in [0, 0.05) is 17.1 Å². The zero-order valence-electron chi connectivity index (χ0n) is 18.5. The fourth-order valence-electron chi connectivity index (χ4n) is 3.24. The fourth-order valence-corrected chi connectivity index (χ4v) is 3.24. The normalized spacial score (nSPS) is 14.8. The number of carboxylic acids is 1. The predicted molar refractivity (Wildman–Crippen MR) is 120 cm³/mol. The first kappa shape index (κ1) is 24.9. The third-order valence-electron chi connectivity index (χ3n) is 5.42. The van der Waals surface area contributed by atoms with E-state index in [1.54, 1.807) is 13.1 Å². The summed E-state index contributed by atoms with van der Waals surface area (Å²) in [6, 6.07) is 4.84. The van der Waals surface area contributed by atoms with E-state index in [0.29, 0.717) is 12.8 Å². The number of rotatable bonds is 11. The predicted octanol–water partition coefficient (Wildman–Crippen LogP) is 0.274. The van der Waals surface area contributed by atoms with Gasteiger partial charge in [0.15, 0.2) is 0 Å². The van der Waals surface area contributed by atoms with Gasteiger partial charge in [-0.3, -0.25) is 14.4 Å². The number of para-hydroxylation sites is 1. The summed E-state index contributed by atoms with van der Waals surface area (Å²) in [6.45, 7) is 4.61. The van der Waals surface area contributed by atoms with Crippen LogP contribution >= 0.6 is 0 Å². The molecule has 0 spiro atoms. The van der Waals surface area contributed by atoms with Crippen molar-refractivity contribution >= 4 is 34.6 Å². The molecule has 1 aromatic carbocycles. The summed E-state index contributed by atoms with van der Waals surface area (Å²) in [4.78, 5) is 51.1. The lowest BCUT2D eigenvalue weighted by Gasteiger charge is -2.21. The maximum Gasteiger partial charge on any atom is 0.326 e. The number of aromatic amines is 1. The monoisotopic (exact) mass is 445 g/mol. The van der Waals surface area contributed by atoms with Gasteiger partial charge in [-0.2, -0.15) is 0 Å². The fraction of sp³-hybridized carbons (Fsp3) is 0.455. The molecule has 2 aromatic rings. The number of benzene rings is 1. The molecule has 1 heterocycles. The number of aromatic nitrogens is 1. The standard InChI is InChI=1S/C22H31N5O5/c1-4-12(2)19(22(31)32)27-18(28)11-25-20(29)13(3)26-21(30)16(23)9-14-10-24-17-8-6-5-7-15(14)17/h5-8,10,12-13,16,19,24H,4,9,11,23H2,1-3H3,(H,25,29)(H,26,30)(H,27,28)(H,31,32). The first-order chi connectivity index (χ1) is 15.1. The molecule has 4 unspecified atom stereocenters. The van der Waals surface area contributed by atoms with Gasteiger partial charge in [-0.1, -0.05) is 38.5 Å². The van der Waals surface area contributed by atoms with E-state index < -0.39 is 48.4 Å². The summed E-state index contributed by atoms with van der Waals surface area (Å²) in [7, 11) is 0. The summed E-state index contributed by atoms with van der Waals surface area (Å²) in [5.74, 6) is -3.10. The Labute approximate surface area is 186 Å². The summed E-state index contributed by atoms with van der Waals surface area (Å²) < 4.78 is 0. The van der Waals surface area contributed by atoms with E-state index in [1.807, 2.05) is 31.2 Å². The number of carboxylic acid groups (broad SMARTS) is 1. The summed E-state index contributed by atoms with van der Waals surface area (Å²) >= 11 is 0. The number of hydrogen-bond acceptors (Lipinski definition) is 5. The van der Waals surface area contributed by atoms with Crippen LogP contribution in [0.2, 0.25) is 0 Å². The van der Waals surface area contributed by atoms with Crippen LogP contribution in [0.15, 0.2) is 30.5 Å². The molecule has 10 nitrogen and oxygen atoms in total. The molecule has 0 aliphatic carbocycles. The van der Waals surface area contributed by atoms with Crippen LogP contribution < -0.4 is 21.7 Å². The Morgan fingerprint density at radius 2 is 1.78 bits per heavy atom. The van der Waals surface area contributed by atoms with E-state index in [2.05, 4.69) is 20.9 Å². The molecule has 3 amide bonds. The van der Waals surface area contributed by atoms with Crippen molar-refractivity contribution < 1.29 is 24.3 Å². The molecule has 4 atom stereocenters. The number of amides is 3. The third-order valence-corrected chi connectivity index (χ3v) is 5.42. The van der Waals surface area contributed by atoms with E-state index in [4.69, 9.17) is 5.73 Å². The molecular formula is C22H31N5O5. The van der Waals surface area contributed by atoms with Crippen LogP contribution in [0.4, 0.5) is 0 Å². The van der Waals surface area contributed by atoms with E-state index in [9.17, 15) is 24.3 Å².